The van der Waals surface area contributed by atoms with Gasteiger partial charge in [0.15, 0.2) is 6.29 Å². The van der Waals surface area contributed by atoms with E-state index in [1.54, 1.807) is 11.1 Å². The van der Waals surface area contributed by atoms with Gasteiger partial charge in [-0.3, -0.25) is 9.59 Å². The summed E-state index contributed by atoms with van der Waals surface area (Å²) in [6.45, 7) is 2.15. The SMILES string of the molecule is CC(=O)N1C=Cc2ccccc2[C@H]1CC(=O)NO[C@H]1CCCCO1. The molecule has 2 heterocycles. The van der Waals surface area contributed by atoms with Gasteiger partial charge in [-0.15, -0.1) is 0 Å². The van der Waals surface area contributed by atoms with Crippen LogP contribution in [0.15, 0.2) is 30.5 Å². The fraction of sp³-hybridized carbons (Fsp3) is 0.444. The molecule has 2 aliphatic rings. The van der Waals surface area contributed by atoms with Crippen LogP contribution in [0.4, 0.5) is 0 Å². The maximum Gasteiger partial charge on any atom is 0.246 e. The maximum atomic E-state index is 12.3. The van der Waals surface area contributed by atoms with Crippen molar-refractivity contribution in [1.82, 2.24) is 10.4 Å². The van der Waals surface area contributed by atoms with Gasteiger partial charge in [-0.25, -0.2) is 10.3 Å². The summed E-state index contributed by atoms with van der Waals surface area (Å²) in [4.78, 5) is 31.1. The third-order valence-electron chi connectivity index (χ3n) is 4.29. The molecule has 0 spiro atoms. The number of hydrogen-bond acceptors (Lipinski definition) is 4. The Bertz CT molecular complexity index is 638. The molecule has 0 unspecified atom stereocenters. The van der Waals surface area contributed by atoms with Gasteiger partial charge in [0.05, 0.1) is 12.5 Å². The van der Waals surface area contributed by atoms with Crippen LogP contribution < -0.4 is 5.48 Å². The van der Waals surface area contributed by atoms with Gasteiger partial charge in [-0.2, -0.15) is 0 Å². The minimum absolute atomic E-state index is 0.102. The van der Waals surface area contributed by atoms with Gasteiger partial charge in [0.1, 0.15) is 0 Å². The molecule has 1 N–H and O–H groups in total. The lowest BCUT2D eigenvalue weighted by atomic mass is 9.93. The van der Waals surface area contributed by atoms with Gasteiger partial charge in [-0.1, -0.05) is 24.3 Å². The lowest BCUT2D eigenvalue weighted by molar-refractivity contribution is -0.200. The van der Waals surface area contributed by atoms with E-state index in [1.165, 1.54) is 6.92 Å². The zero-order valence-electron chi connectivity index (χ0n) is 13.7. The number of rotatable bonds is 4. The van der Waals surface area contributed by atoms with E-state index in [0.29, 0.717) is 6.61 Å². The third-order valence-corrected chi connectivity index (χ3v) is 4.29. The number of fused-ring (bicyclic) bond motifs is 1. The predicted molar refractivity (Wildman–Crippen MR) is 88.2 cm³/mol. The lowest BCUT2D eigenvalue weighted by Gasteiger charge is -2.32. The van der Waals surface area contributed by atoms with E-state index in [2.05, 4.69) is 5.48 Å². The lowest BCUT2D eigenvalue weighted by Crippen LogP contribution is -2.37. The van der Waals surface area contributed by atoms with Crippen molar-refractivity contribution in [3.8, 4) is 0 Å². The number of nitrogens with one attached hydrogen (secondary N) is 1. The molecule has 1 aromatic rings. The van der Waals surface area contributed by atoms with E-state index in [-0.39, 0.29) is 30.6 Å². The zero-order valence-corrected chi connectivity index (χ0v) is 13.7. The Hall–Kier alpha value is -2.18. The quantitative estimate of drug-likeness (QED) is 0.862. The highest BCUT2D eigenvalue weighted by Crippen LogP contribution is 2.32. The minimum Gasteiger partial charge on any atom is -0.350 e. The van der Waals surface area contributed by atoms with Crippen LogP contribution >= 0.6 is 0 Å². The van der Waals surface area contributed by atoms with Gasteiger partial charge < -0.3 is 9.64 Å². The minimum atomic E-state index is -0.384. The summed E-state index contributed by atoms with van der Waals surface area (Å²) in [5, 5.41) is 0. The van der Waals surface area contributed by atoms with Crippen LogP contribution in [0.5, 0.6) is 0 Å². The van der Waals surface area contributed by atoms with E-state index in [1.807, 2.05) is 30.3 Å². The summed E-state index contributed by atoms with van der Waals surface area (Å²) in [7, 11) is 0. The molecule has 6 nitrogen and oxygen atoms in total. The Morgan fingerprint density at radius 3 is 2.92 bits per heavy atom. The fourth-order valence-corrected chi connectivity index (χ4v) is 3.07. The average molecular weight is 330 g/mol. The number of carbonyl (C=O) groups excluding carboxylic acids is 2. The molecule has 2 aliphatic heterocycles. The van der Waals surface area contributed by atoms with Gasteiger partial charge in [-0.05, 0) is 30.0 Å². The molecule has 0 saturated carbocycles. The van der Waals surface area contributed by atoms with Crippen molar-refractivity contribution in [3.63, 3.8) is 0 Å². The molecule has 3 rings (SSSR count). The first kappa shape index (κ1) is 16.7. The molecular weight excluding hydrogens is 308 g/mol. The third kappa shape index (κ3) is 3.83. The first-order chi connectivity index (χ1) is 11.6. The molecule has 6 heteroatoms. The molecule has 1 saturated heterocycles. The molecule has 24 heavy (non-hydrogen) atoms. The van der Waals surface area contributed by atoms with E-state index >= 15 is 0 Å². The molecule has 0 bridgehead atoms. The number of hydroxylamine groups is 1. The van der Waals surface area contributed by atoms with Crippen LogP contribution in [0.2, 0.25) is 0 Å². The summed E-state index contributed by atoms with van der Waals surface area (Å²) < 4.78 is 5.42. The summed E-state index contributed by atoms with van der Waals surface area (Å²) in [6, 6.07) is 7.43. The van der Waals surface area contributed by atoms with Gasteiger partial charge in [0, 0.05) is 26.2 Å². The molecule has 128 valence electrons. The van der Waals surface area contributed by atoms with Crippen molar-refractivity contribution in [1.29, 1.82) is 0 Å². The van der Waals surface area contributed by atoms with Gasteiger partial charge in [0.2, 0.25) is 11.8 Å². The number of benzene rings is 1. The van der Waals surface area contributed by atoms with Crippen LogP contribution in [0.25, 0.3) is 6.08 Å². The topological polar surface area (TPSA) is 67.9 Å². The molecule has 1 fully saturated rings. The number of nitrogens with zero attached hydrogens (tertiary/aromatic N) is 1. The van der Waals surface area contributed by atoms with Crippen LogP contribution in [-0.2, 0) is 19.2 Å². The Kier molecular flexibility index (Phi) is 5.27. The van der Waals surface area contributed by atoms with E-state index in [0.717, 1.165) is 30.4 Å². The van der Waals surface area contributed by atoms with Crippen LogP contribution in [0, 0.1) is 0 Å². The van der Waals surface area contributed by atoms with Crippen LogP contribution in [0.3, 0.4) is 0 Å². The molecule has 1 aromatic carbocycles. The molecule has 2 atom stereocenters. The normalized spacial score (nSPS) is 22.8. The molecule has 0 aromatic heterocycles. The van der Waals surface area contributed by atoms with E-state index in [4.69, 9.17) is 9.57 Å². The monoisotopic (exact) mass is 330 g/mol. The van der Waals surface area contributed by atoms with Gasteiger partial charge >= 0.3 is 0 Å². The highest BCUT2D eigenvalue weighted by molar-refractivity contribution is 5.81. The average Bonchev–Trinajstić information content (AvgIpc) is 2.61. The maximum absolute atomic E-state index is 12.3. The number of ether oxygens (including phenoxy) is 1. The smallest absolute Gasteiger partial charge is 0.246 e. The highest BCUT2D eigenvalue weighted by atomic mass is 16.8. The highest BCUT2D eigenvalue weighted by Gasteiger charge is 2.28. The molecular formula is C18H22N2O4. The summed E-state index contributed by atoms with van der Waals surface area (Å²) >= 11 is 0. The van der Waals surface area contributed by atoms with Crippen molar-refractivity contribution in [3.05, 3.63) is 41.6 Å². The molecule has 2 amide bonds. The Morgan fingerprint density at radius 2 is 2.17 bits per heavy atom. The first-order valence-electron chi connectivity index (χ1n) is 8.27. The largest absolute Gasteiger partial charge is 0.350 e. The standard InChI is InChI=1S/C18H22N2O4/c1-13(21)20-10-9-14-6-2-3-7-15(14)16(20)12-17(22)19-24-18-8-4-5-11-23-18/h2-3,6-7,9-10,16,18H,4-5,8,11-12H2,1H3,(H,19,22)/t16-,18+/m1/s1. The zero-order chi connectivity index (χ0) is 16.9. The molecule has 0 radical (unpaired) electrons. The van der Waals surface area contributed by atoms with Crippen molar-refractivity contribution >= 4 is 17.9 Å². The number of amides is 2. The van der Waals surface area contributed by atoms with Crippen molar-refractivity contribution < 1.29 is 19.2 Å². The Morgan fingerprint density at radius 1 is 1.33 bits per heavy atom. The summed E-state index contributed by atoms with van der Waals surface area (Å²) in [5.74, 6) is -0.374. The summed E-state index contributed by atoms with van der Waals surface area (Å²) in [6.07, 6.45) is 6.19. The Labute approximate surface area is 141 Å². The first-order valence-corrected chi connectivity index (χ1v) is 8.27. The second kappa shape index (κ2) is 7.59. The summed E-state index contributed by atoms with van der Waals surface area (Å²) in [5.41, 5.74) is 4.44. The van der Waals surface area contributed by atoms with Crippen molar-refractivity contribution in [2.24, 2.45) is 0 Å². The number of carbonyl (C=O) groups is 2. The van der Waals surface area contributed by atoms with Gasteiger partial charge in [0.25, 0.3) is 0 Å². The fourth-order valence-electron chi connectivity index (χ4n) is 3.07. The van der Waals surface area contributed by atoms with Crippen LogP contribution in [0.1, 0.15) is 49.8 Å². The Balaban J connectivity index is 1.65. The van der Waals surface area contributed by atoms with E-state index < -0.39 is 0 Å². The van der Waals surface area contributed by atoms with Crippen LogP contribution in [-0.4, -0.2) is 29.6 Å². The molecule has 0 aliphatic carbocycles. The predicted octanol–water partition coefficient (Wildman–Crippen LogP) is 2.53. The number of hydrogen-bond donors (Lipinski definition) is 1. The second-order valence-corrected chi connectivity index (χ2v) is 6.03. The van der Waals surface area contributed by atoms with Crippen molar-refractivity contribution in [2.45, 2.75) is 44.9 Å². The second-order valence-electron chi connectivity index (χ2n) is 6.03. The van der Waals surface area contributed by atoms with Crippen molar-refractivity contribution in [2.75, 3.05) is 6.61 Å². The van der Waals surface area contributed by atoms with E-state index in [9.17, 15) is 9.59 Å².